The summed E-state index contributed by atoms with van der Waals surface area (Å²) < 4.78 is 0. The van der Waals surface area contributed by atoms with Crippen LogP contribution >= 0.6 is 0 Å². The van der Waals surface area contributed by atoms with Gasteiger partial charge in [-0.3, -0.25) is 0 Å². The quantitative estimate of drug-likeness (QED) is 0.686. The Morgan fingerprint density at radius 1 is 1.38 bits per heavy atom. The highest BCUT2D eigenvalue weighted by Gasteiger charge is 1.94. The van der Waals surface area contributed by atoms with Gasteiger partial charge in [0.05, 0.1) is 0 Å². The topological polar surface area (TPSA) is 67.1 Å². The molecular weight excluding hydrogens is 166 g/mol. The summed E-state index contributed by atoms with van der Waals surface area (Å²) >= 11 is 0. The first-order valence-electron chi connectivity index (χ1n) is 4.16. The molecule has 72 valence electrons. The van der Waals surface area contributed by atoms with Crippen LogP contribution in [0, 0.1) is 0 Å². The fraction of sp³-hybridized carbons (Fsp3) is 0.500. The summed E-state index contributed by atoms with van der Waals surface area (Å²) in [6, 6.07) is 3.54. The molecule has 0 atom stereocenters. The van der Waals surface area contributed by atoms with Gasteiger partial charge in [0.1, 0.15) is 11.6 Å². The molecule has 1 aromatic heterocycles. The normalized spacial score (nSPS) is 10.4. The maximum Gasteiger partial charge on any atom is 0.148 e. The number of nitrogen functional groups attached to an aromatic ring is 1. The van der Waals surface area contributed by atoms with Crippen molar-refractivity contribution in [2.24, 2.45) is 0 Å². The van der Waals surface area contributed by atoms with E-state index >= 15 is 0 Å². The van der Waals surface area contributed by atoms with Crippen molar-refractivity contribution in [3.8, 4) is 0 Å². The number of likely N-dealkylation sites (N-methyl/N-ethyl adjacent to an activating group) is 1. The molecule has 5 heteroatoms. The summed E-state index contributed by atoms with van der Waals surface area (Å²) in [5.74, 6) is 1.20. The summed E-state index contributed by atoms with van der Waals surface area (Å²) in [6.45, 7) is 1.82. The predicted octanol–water partition coefficient (Wildman–Crippen LogP) is 0.0323. The molecule has 0 bridgehead atoms. The van der Waals surface area contributed by atoms with Crippen LogP contribution in [0.25, 0.3) is 0 Å². The van der Waals surface area contributed by atoms with Crippen molar-refractivity contribution in [1.29, 1.82) is 0 Å². The molecule has 0 spiro atoms. The van der Waals surface area contributed by atoms with Crippen molar-refractivity contribution in [3.63, 3.8) is 0 Å². The first kappa shape index (κ1) is 9.73. The van der Waals surface area contributed by atoms with Gasteiger partial charge in [0.25, 0.3) is 0 Å². The van der Waals surface area contributed by atoms with E-state index in [1.54, 1.807) is 6.07 Å². The van der Waals surface area contributed by atoms with Crippen molar-refractivity contribution in [1.82, 2.24) is 15.1 Å². The molecule has 0 aromatic carbocycles. The van der Waals surface area contributed by atoms with E-state index in [4.69, 9.17) is 5.73 Å². The van der Waals surface area contributed by atoms with Crippen LogP contribution in [-0.4, -0.2) is 42.3 Å². The summed E-state index contributed by atoms with van der Waals surface area (Å²) in [7, 11) is 4.05. The molecule has 5 nitrogen and oxygen atoms in total. The number of hydrogen-bond donors (Lipinski definition) is 2. The highest BCUT2D eigenvalue weighted by Crippen LogP contribution is 2.01. The van der Waals surface area contributed by atoms with E-state index in [1.807, 2.05) is 20.2 Å². The molecule has 0 aliphatic heterocycles. The number of aromatic nitrogens is 2. The van der Waals surface area contributed by atoms with Gasteiger partial charge in [0, 0.05) is 13.1 Å². The van der Waals surface area contributed by atoms with Gasteiger partial charge >= 0.3 is 0 Å². The van der Waals surface area contributed by atoms with Crippen molar-refractivity contribution >= 4 is 11.6 Å². The first-order valence-corrected chi connectivity index (χ1v) is 4.16. The Labute approximate surface area is 77.9 Å². The van der Waals surface area contributed by atoms with Crippen molar-refractivity contribution < 1.29 is 0 Å². The minimum absolute atomic E-state index is 0.443. The lowest BCUT2D eigenvalue weighted by Crippen LogP contribution is -2.21. The standard InChI is InChI=1S/C8H15N5/c1-13(2)6-5-10-8-4-3-7(9)11-12-8/h3-4H,5-6H2,1-2H3,(H2,9,11)(H,10,12). The van der Waals surface area contributed by atoms with Gasteiger partial charge in [-0.1, -0.05) is 0 Å². The van der Waals surface area contributed by atoms with Gasteiger partial charge in [-0.2, -0.15) is 0 Å². The lowest BCUT2D eigenvalue weighted by atomic mass is 10.5. The van der Waals surface area contributed by atoms with Crippen LogP contribution < -0.4 is 11.1 Å². The second-order valence-corrected chi connectivity index (χ2v) is 3.07. The molecule has 0 amide bonds. The number of rotatable bonds is 4. The van der Waals surface area contributed by atoms with E-state index < -0.39 is 0 Å². The number of nitrogens with zero attached hydrogens (tertiary/aromatic N) is 3. The molecule has 0 saturated heterocycles. The van der Waals surface area contributed by atoms with Crippen LogP contribution in [0.3, 0.4) is 0 Å². The average Bonchev–Trinajstić information content (AvgIpc) is 2.08. The largest absolute Gasteiger partial charge is 0.382 e. The molecule has 0 saturated carbocycles. The van der Waals surface area contributed by atoms with E-state index in [1.165, 1.54) is 0 Å². The molecular formula is C8H15N5. The minimum Gasteiger partial charge on any atom is -0.382 e. The van der Waals surface area contributed by atoms with Gasteiger partial charge in [0.15, 0.2) is 0 Å². The van der Waals surface area contributed by atoms with Crippen LogP contribution in [0.15, 0.2) is 12.1 Å². The van der Waals surface area contributed by atoms with Crippen LogP contribution in [0.1, 0.15) is 0 Å². The van der Waals surface area contributed by atoms with Crippen LogP contribution in [-0.2, 0) is 0 Å². The Hall–Kier alpha value is -1.36. The minimum atomic E-state index is 0.443. The molecule has 0 aliphatic rings. The number of nitrogens with two attached hydrogens (primary N) is 1. The summed E-state index contributed by atoms with van der Waals surface area (Å²) in [5, 5.41) is 10.7. The molecule has 1 aromatic rings. The molecule has 0 fully saturated rings. The van der Waals surface area contributed by atoms with Gasteiger partial charge in [-0.05, 0) is 26.2 Å². The van der Waals surface area contributed by atoms with E-state index in [0.717, 1.165) is 18.9 Å². The van der Waals surface area contributed by atoms with Gasteiger partial charge in [-0.25, -0.2) is 0 Å². The summed E-state index contributed by atoms with van der Waals surface area (Å²) in [6.07, 6.45) is 0. The van der Waals surface area contributed by atoms with E-state index in [2.05, 4.69) is 20.4 Å². The van der Waals surface area contributed by atoms with Crippen LogP contribution in [0.2, 0.25) is 0 Å². The van der Waals surface area contributed by atoms with Crippen molar-refractivity contribution in [2.75, 3.05) is 38.2 Å². The maximum atomic E-state index is 5.39. The fourth-order valence-corrected chi connectivity index (χ4v) is 0.844. The molecule has 0 radical (unpaired) electrons. The first-order chi connectivity index (χ1) is 6.18. The highest BCUT2D eigenvalue weighted by molar-refractivity contribution is 5.38. The zero-order chi connectivity index (χ0) is 9.68. The Morgan fingerprint density at radius 2 is 2.15 bits per heavy atom. The van der Waals surface area contributed by atoms with E-state index in [0.29, 0.717) is 5.82 Å². The lowest BCUT2D eigenvalue weighted by molar-refractivity contribution is 0.425. The fourth-order valence-electron chi connectivity index (χ4n) is 0.844. The number of nitrogens with one attached hydrogen (secondary N) is 1. The SMILES string of the molecule is CN(C)CCNc1ccc(N)nn1. The molecule has 3 N–H and O–H groups in total. The Balaban J connectivity index is 2.33. The third-order valence-corrected chi connectivity index (χ3v) is 1.55. The Morgan fingerprint density at radius 3 is 2.69 bits per heavy atom. The smallest absolute Gasteiger partial charge is 0.148 e. The highest BCUT2D eigenvalue weighted by atomic mass is 15.2. The van der Waals surface area contributed by atoms with Crippen LogP contribution in [0.4, 0.5) is 11.6 Å². The average molecular weight is 181 g/mol. The van der Waals surface area contributed by atoms with Crippen LogP contribution in [0.5, 0.6) is 0 Å². The third-order valence-electron chi connectivity index (χ3n) is 1.55. The Bertz CT molecular complexity index is 243. The maximum absolute atomic E-state index is 5.39. The molecule has 1 rings (SSSR count). The molecule has 0 aliphatic carbocycles. The molecule has 13 heavy (non-hydrogen) atoms. The Kier molecular flexibility index (Phi) is 3.45. The van der Waals surface area contributed by atoms with Gasteiger partial charge < -0.3 is 16.0 Å². The van der Waals surface area contributed by atoms with E-state index in [-0.39, 0.29) is 0 Å². The monoisotopic (exact) mass is 181 g/mol. The number of anilines is 2. The molecule has 1 heterocycles. The summed E-state index contributed by atoms with van der Waals surface area (Å²) in [4.78, 5) is 2.09. The lowest BCUT2D eigenvalue weighted by Gasteiger charge is -2.10. The summed E-state index contributed by atoms with van der Waals surface area (Å²) in [5.41, 5.74) is 5.39. The second-order valence-electron chi connectivity index (χ2n) is 3.07. The van der Waals surface area contributed by atoms with Crippen molar-refractivity contribution in [2.45, 2.75) is 0 Å². The zero-order valence-corrected chi connectivity index (χ0v) is 7.99. The molecule has 0 unspecified atom stereocenters. The third kappa shape index (κ3) is 3.71. The number of hydrogen-bond acceptors (Lipinski definition) is 5. The predicted molar refractivity (Wildman–Crippen MR) is 53.5 cm³/mol. The van der Waals surface area contributed by atoms with Gasteiger partial charge in [0.2, 0.25) is 0 Å². The van der Waals surface area contributed by atoms with Gasteiger partial charge in [-0.15, -0.1) is 10.2 Å². The van der Waals surface area contributed by atoms with E-state index in [9.17, 15) is 0 Å². The zero-order valence-electron chi connectivity index (χ0n) is 7.99. The van der Waals surface area contributed by atoms with Crippen molar-refractivity contribution in [3.05, 3.63) is 12.1 Å². The second kappa shape index (κ2) is 4.61.